The number of hydrogen-bond acceptors (Lipinski definition) is 7. The largest absolute Gasteiger partial charge is 0.339 e. The lowest BCUT2D eigenvalue weighted by molar-refractivity contribution is 0.317. The van der Waals surface area contributed by atoms with Crippen LogP contribution in [0, 0.1) is 18.8 Å². The molecule has 2 fully saturated rings. The van der Waals surface area contributed by atoms with Crippen molar-refractivity contribution < 1.29 is 0 Å². The molecule has 0 radical (unpaired) electrons. The number of benzene rings is 1. The lowest BCUT2D eigenvalue weighted by Crippen LogP contribution is -2.27. The predicted molar refractivity (Wildman–Crippen MR) is 144 cm³/mol. The van der Waals surface area contributed by atoms with E-state index in [9.17, 15) is 4.79 Å². The van der Waals surface area contributed by atoms with Crippen LogP contribution in [0.5, 0.6) is 0 Å². The molecule has 0 aliphatic carbocycles. The van der Waals surface area contributed by atoms with E-state index in [2.05, 4.69) is 55.1 Å². The Labute approximate surface area is 210 Å². The summed E-state index contributed by atoms with van der Waals surface area (Å²) < 4.78 is 0. The molecule has 0 saturated carbocycles. The molecule has 4 aromatic rings. The monoisotopic (exact) mass is 481 g/mol. The number of hydrogen-bond donors (Lipinski definition) is 4. The zero-order valence-electron chi connectivity index (χ0n) is 20.4. The number of nitrogens with one attached hydrogen (secondary N) is 4. The lowest BCUT2D eigenvalue weighted by Gasteiger charge is -2.17. The van der Waals surface area contributed by atoms with Gasteiger partial charge in [-0.2, -0.15) is 0 Å². The lowest BCUT2D eigenvalue weighted by atomic mass is 10.0. The van der Waals surface area contributed by atoms with Gasteiger partial charge in [-0.3, -0.25) is 4.79 Å². The van der Waals surface area contributed by atoms with E-state index in [1.54, 1.807) is 12.4 Å². The molecule has 184 valence electrons. The highest BCUT2D eigenvalue weighted by Crippen LogP contribution is 2.28. The van der Waals surface area contributed by atoms with Gasteiger partial charge in [0.25, 0.3) is 5.56 Å². The van der Waals surface area contributed by atoms with Crippen LogP contribution in [0.2, 0.25) is 0 Å². The number of pyridine rings is 3. The molecular weight excluding hydrogens is 450 g/mol. The minimum absolute atomic E-state index is 0.176. The van der Waals surface area contributed by atoms with Gasteiger partial charge in [-0.15, -0.1) is 0 Å². The van der Waals surface area contributed by atoms with Crippen LogP contribution in [0.25, 0.3) is 10.8 Å². The molecule has 2 aliphatic heterocycles. The van der Waals surface area contributed by atoms with Crippen LogP contribution in [-0.4, -0.2) is 52.6 Å². The van der Waals surface area contributed by atoms with Crippen LogP contribution < -0.4 is 21.5 Å². The predicted octanol–water partition coefficient (Wildman–Crippen LogP) is 3.81. The molecule has 4 N–H and O–H groups in total. The fraction of sp³-hybridized carbons (Fsp3) is 0.321. The molecular formula is C28H31N7O. The second-order valence-electron chi connectivity index (χ2n) is 9.98. The van der Waals surface area contributed by atoms with Crippen LogP contribution in [0.1, 0.15) is 11.1 Å². The second-order valence-corrected chi connectivity index (χ2v) is 9.98. The first kappa shape index (κ1) is 22.7. The van der Waals surface area contributed by atoms with Crippen molar-refractivity contribution in [2.45, 2.75) is 13.3 Å². The van der Waals surface area contributed by atoms with E-state index in [1.807, 2.05) is 31.2 Å². The number of aryl methyl sites for hydroxylation is 1. The number of fused-ring (bicyclic) bond motifs is 2. The van der Waals surface area contributed by atoms with Gasteiger partial charge < -0.3 is 25.8 Å². The third kappa shape index (κ3) is 4.82. The molecule has 5 heterocycles. The SMILES string of the molecule is Cc1ccc(Nc2cc3cc[nH]c(=O)c3c(Nc3ccc(CCN4CC5CNCC5C4)cc3)n2)nc1. The quantitative estimate of drug-likeness (QED) is 0.319. The van der Waals surface area contributed by atoms with E-state index in [0.29, 0.717) is 22.8 Å². The fourth-order valence-corrected chi connectivity index (χ4v) is 5.36. The highest BCUT2D eigenvalue weighted by Gasteiger charge is 2.35. The third-order valence-electron chi connectivity index (χ3n) is 7.32. The highest BCUT2D eigenvalue weighted by atomic mass is 16.1. The highest BCUT2D eigenvalue weighted by molar-refractivity contribution is 5.94. The first-order valence-electron chi connectivity index (χ1n) is 12.6. The molecule has 3 aromatic heterocycles. The third-order valence-corrected chi connectivity index (χ3v) is 7.32. The molecule has 2 aliphatic rings. The molecule has 36 heavy (non-hydrogen) atoms. The summed E-state index contributed by atoms with van der Waals surface area (Å²) in [6, 6.07) is 16.1. The van der Waals surface area contributed by atoms with Crippen molar-refractivity contribution in [2.75, 3.05) is 43.4 Å². The minimum Gasteiger partial charge on any atom is -0.339 e. The Kier molecular flexibility index (Phi) is 6.13. The smallest absolute Gasteiger partial charge is 0.259 e. The van der Waals surface area contributed by atoms with E-state index in [4.69, 9.17) is 4.98 Å². The van der Waals surface area contributed by atoms with E-state index in [-0.39, 0.29) is 5.56 Å². The molecule has 2 atom stereocenters. The summed E-state index contributed by atoms with van der Waals surface area (Å²) in [4.78, 5) is 27.2. The number of aromatic nitrogens is 3. The average molecular weight is 482 g/mol. The number of nitrogens with zero attached hydrogens (tertiary/aromatic N) is 3. The Hall–Kier alpha value is -3.75. The van der Waals surface area contributed by atoms with Crippen molar-refractivity contribution >= 4 is 33.9 Å². The summed E-state index contributed by atoms with van der Waals surface area (Å²) in [5.74, 6) is 3.48. The maximum absolute atomic E-state index is 12.7. The van der Waals surface area contributed by atoms with Gasteiger partial charge in [0, 0.05) is 37.7 Å². The summed E-state index contributed by atoms with van der Waals surface area (Å²) >= 11 is 0. The van der Waals surface area contributed by atoms with Crippen molar-refractivity contribution in [1.29, 1.82) is 0 Å². The topological polar surface area (TPSA) is 98.0 Å². The van der Waals surface area contributed by atoms with Crippen molar-refractivity contribution in [3.63, 3.8) is 0 Å². The summed E-state index contributed by atoms with van der Waals surface area (Å²) in [6.07, 6.45) is 4.50. The zero-order valence-corrected chi connectivity index (χ0v) is 20.4. The Morgan fingerprint density at radius 3 is 2.56 bits per heavy atom. The van der Waals surface area contributed by atoms with Crippen LogP contribution in [0.4, 0.5) is 23.1 Å². The van der Waals surface area contributed by atoms with Gasteiger partial charge in [0.05, 0.1) is 5.39 Å². The second kappa shape index (κ2) is 9.72. The maximum Gasteiger partial charge on any atom is 0.259 e. The number of anilines is 4. The Morgan fingerprint density at radius 1 is 1.00 bits per heavy atom. The van der Waals surface area contributed by atoms with Gasteiger partial charge in [-0.05, 0) is 85.1 Å². The summed E-state index contributed by atoms with van der Waals surface area (Å²) in [5.41, 5.74) is 3.12. The van der Waals surface area contributed by atoms with Gasteiger partial charge in [0.1, 0.15) is 17.5 Å². The molecule has 0 spiro atoms. The van der Waals surface area contributed by atoms with Crippen LogP contribution in [-0.2, 0) is 6.42 Å². The Balaban J connectivity index is 1.18. The maximum atomic E-state index is 12.7. The molecule has 8 heteroatoms. The molecule has 8 nitrogen and oxygen atoms in total. The number of rotatable bonds is 7. The minimum atomic E-state index is -0.176. The van der Waals surface area contributed by atoms with E-state index >= 15 is 0 Å². The van der Waals surface area contributed by atoms with Gasteiger partial charge in [-0.1, -0.05) is 18.2 Å². The number of likely N-dealkylation sites (tertiary alicyclic amines) is 1. The van der Waals surface area contributed by atoms with Crippen LogP contribution in [0.15, 0.2) is 65.7 Å². The zero-order chi connectivity index (χ0) is 24.5. The number of aromatic amines is 1. The molecule has 2 saturated heterocycles. The normalized spacial score (nSPS) is 19.5. The van der Waals surface area contributed by atoms with E-state index in [1.165, 1.54) is 31.7 Å². The van der Waals surface area contributed by atoms with E-state index in [0.717, 1.165) is 41.4 Å². The van der Waals surface area contributed by atoms with Crippen molar-refractivity contribution in [3.05, 3.63) is 82.4 Å². The first-order valence-corrected chi connectivity index (χ1v) is 12.6. The summed E-state index contributed by atoms with van der Waals surface area (Å²) in [5, 5.41) is 11.5. The Bertz CT molecular complexity index is 1400. The van der Waals surface area contributed by atoms with Crippen molar-refractivity contribution in [3.8, 4) is 0 Å². The Morgan fingerprint density at radius 2 is 1.81 bits per heavy atom. The summed E-state index contributed by atoms with van der Waals surface area (Å²) in [6.45, 7) is 7.87. The molecule has 0 bridgehead atoms. The summed E-state index contributed by atoms with van der Waals surface area (Å²) in [7, 11) is 0. The fourth-order valence-electron chi connectivity index (χ4n) is 5.36. The van der Waals surface area contributed by atoms with Gasteiger partial charge in [-0.25, -0.2) is 9.97 Å². The first-order chi connectivity index (χ1) is 17.6. The average Bonchev–Trinajstić information content (AvgIpc) is 3.47. The van der Waals surface area contributed by atoms with Crippen LogP contribution >= 0.6 is 0 Å². The standard InChI is InChI=1S/C28H31N7O/c1-18-2-7-24(31-13-18)33-25-12-20-8-10-30-28(36)26(20)27(34-25)32-23-5-3-19(4-6-23)9-11-35-16-21-14-29-15-22(21)17-35/h2-8,10,12-13,21-22,29H,9,11,14-17H2,1H3,(H,30,36)(H2,31,32,33,34). The van der Waals surface area contributed by atoms with Gasteiger partial charge in [0.15, 0.2) is 0 Å². The molecule has 6 rings (SSSR count). The van der Waals surface area contributed by atoms with E-state index < -0.39 is 0 Å². The van der Waals surface area contributed by atoms with Crippen LogP contribution in [0.3, 0.4) is 0 Å². The van der Waals surface area contributed by atoms with Gasteiger partial charge in [0.2, 0.25) is 0 Å². The molecule has 0 amide bonds. The van der Waals surface area contributed by atoms with Crippen molar-refractivity contribution in [2.24, 2.45) is 11.8 Å². The number of H-pyrrole nitrogens is 1. The van der Waals surface area contributed by atoms with Gasteiger partial charge >= 0.3 is 0 Å². The molecule has 2 unspecified atom stereocenters. The molecule has 1 aromatic carbocycles. The van der Waals surface area contributed by atoms with Crippen molar-refractivity contribution in [1.82, 2.24) is 25.2 Å².